The molecule has 102 valence electrons. The monoisotopic (exact) mass is 262 g/mol. The molecule has 6 nitrogen and oxygen atoms in total. The molecule has 2 aliphatic rings. The summed E-state index contributed by atoms with van der Waals surface area (Å²) in [7, 11) is 0. The summed E-state index contributed by atoms with van der Waals surface area (Å²) < 4.78 is 0. The minimum Gasteiger partial charge on any atom is -0.324 e. The Balaban J connectivity index is 1.82. The lowest BCUT2D eigenvalue weighted by atomic mass is 10.1. The number of non-ortho nitro benzene ring substituents is 1. The highest BCUT2D eigenvalue weighted by molar-refractivity contribution is 5.55. The first kappa shape index (κ1) is 12.4. The van der Waals surface area contributed by atoms with Gasteiger partial charge >= 0.3 is 0 Å². The lowest BCUT2D eigenvalue weighted by Gasteiger charge is -2.27. The second-order valence-corrected chi connectivity index (χ2v) is 5.51. The molecular formula is C13H18N4O2. The lowest BCUT2D eigenvalue weighted by molar-refractivity contribution is -0.384. The Labute approximate surface area is 111 Å². The van der Waals surface area contributed by atoms with E-state index in [1.807, 2.05) is 0 Å². The van der Waals surface area contributed by atoms with Gasteiger partial charge in [-0.1, -0.05) is 0 Å². The Hall–Kier alpha value is -1.66. The quantitative estimate of drug-likeness (QED) is 0.491. The van der Waals surface area contributed by atoms with Crippen LogP contribution in [0.3, 0.4) is 0 Å². The maximum atomic E-state index is 10.9. The molecule has 0 amide bonds. The van der Waals surface area contributed by atoms with E-state index in [1.165, 1.54) is 25.3 Å². The Morgan fingerprint density at radius 2 is 2.32 bits per heavy atom. The first-order valence-electron chi connectivity index (χ1n) is 6.65. The van der Waals surface area contributed by atoms with Crippen molar-refractivity contribution < 1.29 is 4.92 Å². The number of nitro groups is 1. The lowest BCUT2D eigenvalue weighted by Crippen LogP contribution is -2.31. The number of anilines is 1. The van der Waals surface area contributed by atoms with Gasteiger partial charge < -0.3 is 5.43 Å². The summed E-state index contributed by atoms with van der Waals surface area (Å²) in [5.74, 6) is 6.31. The molecule has 1 saturated carbocycles. The maximum Gasteiger partial charge on any atom is 0.269 e. The molecule has 2 unspecified atom stereocenters. The van der Waals surface area contributed by atoms with E-state index in [1.54, 1.807) is 12.1 Å². The van der Waals surface area contributed by atoms with Crippen molar-refractivity contribution in [2.24, 2.45) is 11.8 Å². The zero-order valence-corrected chi connectivity index (χ0v) is 10.7. The summed E-state index contributed by atoms with van der Waals surface area (Å²) in [5, 5.41) is 10.9. The molecule has 2 fully saturated rings. The Bertz CT molecular complexity index is 505. The number of likely N-dealkylation sites (tertiary alicyclic amines) is 1. The van der Waals surface area contributed by atoms with Crippen LogP contribution < -0.4 is 11.3 Å². The van der Waals surface area contributed by atoms with E-state index < -0.39 is 0 Å². The Morgan fingerprint density at radius 3 is 2.89 bits per heavy atom. The third kappa shape index (κ3) is 2.29. The van der Waals surface area contributed by atoms with Gasteiger partial charge in [0.15, 0.2) is 0 Å². The average Bonchev–Trinajstić information content (AvgIpc) is 3.01. The van der Waals surface area contributed by atoms with Crippen molar-refractivity contribution >= 4 is 11.4 Å². The minimum atomic E-state index is -0.361. The fraction of sp³-hybridized carbons (Fsp3) is 0.538. The van der Waals surface area contributed by atoms with Crippen LogP contribution in [0.1, 0.15) is 24.8 Å². The van der Waals surface area contributed by atoms with Gasteiger partial charge in [-0.2, -0.15) is 0 Å². The van der Waals surface area contributed by atoms with Gasteiger partial charge in [-0.05, 0) is 36.8 Å². The van der Waals surface area contributed by atoms with Gasteiger partial charge in [0.2, 0.25) is 0 Å². The van der Waals surface area contributed by atoms with Crippen LogP contribution in [0.2, 0.25) is 0 Å². The molecule has 1 saturated heterocycles. The highest BCUT2D eigenvalue weighted by Crippen LogP contribution is 2.38. The molecule has 19 heavy (non-hydrogen) atoms. The molecule has 1 aliphatic heterocycles. The van der Waals surface area contributed by atoms with Gasteiger partial charge in [0, 0.05) is 31.3 Å². The number of piperidine rings is 1. The van der Waals surface area contributed by atoms with Crippen molar-refractivity contribution in [2.45, 2.75) is 31.8 Å². The van der Waals surface area contributed by atoms with Crippen LogP contribution in [0, 0.1) is 16.0 Å². The molecule has 3 rings (SSSR count). The minimum absolute atomic E-state index is 0.123. The number of hydrogen-bond donors (Lipinski definition) is 2. The molecule has 2 bridgehead atoms. The first-order chi connectivity index (χ1) is 9.17. The predicted molar refractivity (Wildman–Crippen MR) is 72.4 cm³/mol. The van der Waals surface area contributed by atoms with E-state index in [9.17, 15) is 10.1 Å². The van der Waals surface area contributed by atoms with Crippen LogP contribution in [0.15, 0.2) is 18.2 Å². The molecule has 6 heteroatoms. The average molecular weight is 262 g/mol. The smallest absolute Gasteiger partial charge is 0.269 e. The Morgan fingerprint density at radius 1 is 1.47 bits per heavy atom. The summed E-state index contributed by atoms with van der Waals surface area (Å²) in [4.78, 5) is 12.9. The molecule has 2 atom stereocenters. The fourth-order valence-electron chi connectivity index (χ4n) is 3.40. The molecule has 1 aromatic carbocycles. The number of hydrogen-bond acceptors (Lipinski definition) is 5. The fourth-order valence-corrected chi connectivity index (χ4v) is 3.40. The third-order valence-corrected chi connectivity index (χ3v) is 4.35. The number of fused-ring (bicyclic) bond motifs is 2. The maximum absolute atomic E-state index is 10.9. The topological polar surface area (TPSA) is 84.4 Å². The van der Waals surface area contributed by atoms with Gasteiger partial charge in [0.25, 0.3) is 5.69 Å². The van der Waals surface area contributed by atoms with E-state index in [2.05, 4.69) is 10.3 Å². The van der Waals surface area contributed by atoms with E-state index in [-0.39, 0.29) is 10.6 Å². The molecule has 1 aliphatic carbocycles. The van der Waals surface area contributed by atoms with Crippen LogP contribution in [0.4, 0.5) is 11.4 Å². The van der Waals surface area contributed by atoms with Crippen LogP contribution in [-0.2, 0) is 6.54 Å². The van der Waals surface area contributed by atoms with Crippen molar-refractivity contribution in [3.8, 4) is 0 Å². The van der Waals surface area contributed by atoms with E-state index in [0.29, 0.717) is 6.04 Å². The van der Waals surface area contributed by atoms with Crippen LogP contribution >= 0.6 is 0 Å². The number of nitrogens with one attached hydrogen (secondary N) is 1. The summed E-state index contributed by atoms with van der Waals surface area (Å²) >= 11 is 0. The summed E-state index contributed by atoms with van der Waals surface area (Å²) in [6.45, 7) is 1.85. The van der Waals surface area contributed by atoms with Crippen LogP contribution in [0.5, 0.6) is 0 Å². The zero-order valence-electron chi connectivity index (χ0n) is 10.7. The van der Waals surface area contributed by atoms with Gasteiger partial charge in [-0.15, -0.1) is 0 Å². The normalized spacial score (nSPS) is 25.7. The summed E-state index contributed by atoms with van der Waals surface area (Å²) in [6, 6.07) is 5.44. The van der Waals surface area contributed by atoms with Gasteiger partial charge in [0.05, 0.1) is 10.6 Å². The molecule has 1 aromatic rings. The van der Waals surface area contributed by atoms with Gasteiger partial charge in [0.1, 0.15) is 0 Å². The second-order valence-electron chi connectivity index (χ2n) is 5.51. The van der Waals surface area contributed by atoms with Crippen LogP contribution in [0.25, 0.3) is 0 Å². The van der Waals surface area contributed by atoms with Crippen molar-refractivity contribution in [2.75, 3.05) is 12.0 Å². The summed E-state index contributed by atoms with van der Waals surface area (Å²) in [5.41, 5.74) is 4.43. The van der Waals surface area contributed by atoms with Crippen LogP contribution in [-0.4, -0.2) is 22.4 Å². The Kier molecular flexibility index (Phi) is 3.12. The van der Waals surface area contributed by atoms with Crippen molar-refractivity contribution in [3.63, 3.8) is 0 Å². The number of nitrogen functional groups attached to an aromatic ring is 1. The van der Waals surface area contributed by atoms with E-state index in [0.717, 1.165) is 30.3 Å². The van der Waals surface area contributed by atoms with Crippen molar-refractivity contribution in [1.82, 2.24) is 4.90 Å². The number of nitro benzene ring substituents is 1. The van der Waals surface area contributed by atoms with Gasteiger partial charge in [-0.3, -0.25) is 20.9 Å². The molecule has 0 radical (unpaired) electrons. The van der Waals surface area contributed by atoms with Crippen molar-refractivity contribution in [3.05, 3.63) is 33.9 Å². The summed E-state index contributed by atoms with van der Waals surface area (Å²) in [6.07, 6.45) is 3.86. The standard InChI is InChI=1S/C13H18N4O2/c14-15-13-4-3-12(17(18)19)6-10(13)8-16-7-9-1-2-11(16)5-9/h3-4,6,9,11,15H,1-2,5,7-8,14H2. The molecule has 1 heterocycles. The SMILES string of the molecule is NNc1ccc([N+](=O)[O-])cc1CN1CC2CCC1C2. The van der Waals surface area contributed by atoms with E-state index >= 15 is 0 Å². The number of nitrogens with zero attached hydrogens (tertiary/aromatic N) is 2. The second kappa shape index (κ2) is 4.79. The molecule has 0 aromatic heterocycles. The molecule has 3 N–H and O–H groups in total. The number of rotatable bonds is 4. The van der Waals surface area contributed by atoms with Gasteiger partial charge in [-0.25, -0.2) is 0 Å². The molecular weight excluding hydrogens is 244 g/mol. The van der Waals surface area contributed by atoms with Crippen molar-refractivity contribution in [1.29, 1.82) is 0 Å². The zero-order chi connectivity index (χ0) is 13.4. The highest BCUT2D eigenvalue weighted by Gasteiger charge is 2.37. The highest BCUT2D eigenvalue weighted by atomic mass is 16.6. The van der Waals surface area contributed by atoms with E-state index in [4.69, 9.17) is 5.84 Å². The third-order valence-electron chi connectivity index (χ3n) is 4.35. The largest absolute Gasteiger partial charge is 0.324 e. The number of nitrogens with two attached hydrogens (primary N) is 1. The number of benzene rings is 1. The number of hydrazine groups is 1. The predicted octanol–water partition coefficient (Wildman–Crippen LogP) is 1.86. The molecule has 0 spiro atoms. The first-order valence-corrected chi connectivity index (χ1v) is 6.65.